The number of terminal acetylenes is 1. The van der Waals surface area contributed by atoms with Gasteiger partial charge in [-0.05, 0) is 25.8 Å². The zero-order valence-corrected chi connectivity index (χ0v) is 9.65. The van der Waals surface area contributed by atoms with E-state index in [1.807, 2.05) is 12.5 Å². The van der Waals surface area contributed by atoms with Gasteiger partial charge < -0.3 is 9.88 Å². The maximum Gasteiger partial charge on any atom is 0.0948 e. The average molecular weight is 217 g/mol. The van der Waals surface area contributed by atoms with Gasteiger partial charge in [0, 0.05) is 37.3 Å². The minimum Gasteiger partial charge on any atom is -0.334 e. The van der Waals surface area contributed by atoms with Gasteiger partial charge in [0.1, 0.15) is 0 Å². The molecule has 0 amide bonds. The van der Waals surface area contributed by atoms with E-state index in [-0.39, 0.29) is 0 Å². The molecule has 16 heavy (non-hydrogen) atoms. The van der Waals surface area contributed by atoms with Crippen molar-refractivity contribution in [3.63, 3.8) is 0 Å². The monoisotopic (exact) mass is 217 g/mol. The van der Waals surface area contributed by atoms with Crippen LogP contribution < -0.4 is 5.32 Å². The Hall–Kier alpha value is -1.27. The first-order chi connectivity index (χ1) is 7.92. The Bertz CT molecular complexity index is 355. The molecule has 1 aromatic rings. The first kappa shape index (κ1) is 11.2. The van der Waals surface area contributed by atoms with Crippen LogP contribution in [-0.2, 0) is 6.54 Å². The summed E-state index contributed by atoms with van der Waals surface area (Å²) in [5, 5.41) is 3.40. The Labute approximate surface area is 97.3 Å². The molecule has 3 heteroatoms. The third kappa shape index (κ3) is 2.65. The van der Waals surface area contributed by atoms with E-state index in [4.69, 9.17) is 6.42 Å². The van der Waals surface area contributed by atoms with Crippen molar-refractivity contribution < 1.29 is 0 Å². The van der Waals surface area contributed by atoms with Crippen LogP contribution >= 0.6 is 0 Å². The number of hydrogen-bond acceptors (Lipinski definition) is 2. The highest BCUT2D eigenvalue weighted by atomic mass is 15.1. The summed E-state index contributed by atoms with van der Waals surface area (Å²) in [7, 11) is 0. The Kier molecular flexibility index (Phi) is 4.01. The second kappa shape index (κ2) is 5.72. The maximum atomic E-state index is 5.24. The molecule has 1 aliphatic heterocycles. The fraction of sp³-hybridized carbons (Fsp3) is 0.615. The third-order valence-electron chi connectivity index (χ3n) is 3.19. The zero-order valence-electron chi connectivity index (χ0n) is 9.65. The number of imidazole rings is 1. The van der Waals surface area contributed by atoms with Crippen LogP contribution in [0, 0.1) is 12.3 Å². The van der Waals surface area contributed by atoms with E-state index < -0.39 is 0 Å². The molecule has 0 aliphatic carbocycles. The van der Waals surface area contributed by atoms with E-state index in [1.54, 1.807) is 0 Å². The summed E-state index contributed by atoms with van der Waals surface area (Å²) in [6.07, 6.45) is 13.6. The van der Waals surface area contributed by atoms with Gasteiger partial charge in [-0.2, -0.15) is 0 Å². The lowest BCUT2D eigenvalue weighted by molar-refractivity contribution is 0.571. The van der Waals surface area contributed by atoms with Crippen molar-refractivity contribution >= 4 is 0 Å². The van der Waals surface area contributed by atoms with E-state index in [9.17, 15) is 0 Å². The fourth-order valence-corrected chi connectivity index (χ4v) is 2.27. The summed E-state index contributed by atoms with van der Waals surface area (Å²) in [5.74, 6) is 3.33. The van der Waals surface area contributed by atoms with Crippen LogP contribution in [0.25, 0.3) is 0 Å². The molecule has 1 saturated heterocycles. The molecular formula is C13H19N3. The first-order valence-electron chi connectivity index (χ1n) is 6.06. The van der Waals surface area contributed by atoms with Gasteiger partial charge in [0.15, 0.2) is 0 Å². The molecule has 1 atom stereocenters. The van der Waals surface area contributed by atoms with E-state index in [1.165, 1.54) is 12.1 Å². The molecule has 0 radical (unpaired) electrons. The van der Waals surface area contributed by atoms with Crippen LogP contribution in [-0.4, -0.2) is 22.6 Å². The van der Waals surface area contributed by atoms with Gasteiger partial charge in [-0.1, -0.05) is 0 Å². The molecule has 2 rings (SSSR count). The van der Waals surface area contributed by atoms with Gasteiger partial charge in [0.2, 0.25) is 0 Å². The van der Waals surface area contributed by atoms with Crippen molar-refractivity contribution in [2.24, 2.45) is 0 Å². The first-order valence-corrected chi connectivity index (χ1v) is 6.06. The minimum atomic E-state index is 0.648. The third-order valence-corrected chi connectivity index (χ3v) is 3.19. The molecule has 0 bridgehead atoms. The maximum absolute atomic E-state index is 5.24. The van der Waals surface area contributed by atoms with Gasteiger partial charge in [0.25, 0.3) is 0 Å². The second-order valence-corrected chi connectivity index (χ2v) is 4.36. The van der Waals surface area contributed by atoms with Crippen LogP contribution in [0.4, 0.5) is 0 Å². The number of rotatable bonds is 5. The van der Waals surface area contributed by atoms with Crippen molar-refractivity contribution in [1.29, 1.82) is 0 Å². The highest BCUT2D eigenvalue weighted by Crippen LogP contribution is 2.22. The Morgan fingerprint density at radius 1 is 1.56 bits per heavy atom. The molecule has 3 nitrogen and oxygen atoms in total. The smallest absolute Gasteiger partial charge is 0.0948 e. The van der Waals surface area contributed by atoms with Gasteiger partial charge in [-0.25, -0.2) is 4.98 Å². The normalized spacial score (nSPS) is 19.8. The van der Waals surface area contributed by atoms with Crippen LogP contribution in [0.1, 0.15) is 37.3 Å². The average Bonchev–Trinajstić information content (AvgIpc) is 2.94. The number of aromatic nitrogens is 2. The van der Waals surface area contributed by atoms with Gasteiger partial charge in [-0.15, -0.1) is 12.3 Å². The molecule has 1 unspecified atom stereocenters. The number of nitrogens with zero attached hydrogens (tertiary/aromatic N) is 2. The number of hydrogen-bond donors (Lipinski definition) is 1. The summed E-state index contributed by atoms with van der Waals surface area (Å²) in [6.45, 7) is 3.27. The number of aryl methyl sites for hydroxylation is 1. The van der Waals surface area contributed by atoms with Gasteiger partial charge in [0.05, 0.1) is 6.33 Å². The van der Waals surface area contributed by atoms with Crippen LogP contribution in [0.2, 0.25) is 0 Å². The van der Waals surface area contributed by atoms with Crippen LogP contribution in [0.15, 0.2) is 12.5 Å². The largest absolute Gasteiger partial charge is 0.334 e. The minimum absolute atomic E-state index is 0.648. The van der Waals surface area contributed by atoms with E-state index in [0.29, 0.717) is 5.92 Å². The summed E-state index contributed by atoms with van der Waals surface area (Å²) in [4.78, 5) is 4.26. The molecule has 0 saturated carbocycles. The molecular weight excluding hydrogens is 198 g/mol. The Morgan fingerprint density at radius 3 is 3.25 bits per heavy atom. The standard InChI is InChI=1S/C13H19N3/c1-2-3-4-5-8-16-11-15-10-13(16)12-6-7-14-9-12/h1,10-12,14H,3-9H2. The van der Waals surface area contributed by atoms with Crippen molar-refractivity contribution in [3.8, 4) is 12.3 Å². The molecule has 1 aliphatic rings. The Balaban J connectivity index is 1.89. The van der Waals surface area contributed by atoms with Gasteiger partial charge >= 0.3 is 0 Å². The fourth-order valence-electron chi connectivity index (χ4n) is 2.27. The lowest BCUT2D eigenvalue weighted by atomic mass is 10.1. The molecule has 1 fully saturated rings. The molecule has 1 N–H and O–H groups in total. The summed E-state index contributed by atoms with van der Waals surface area (Å²) in [6, 6.07) is 0. The zero-order chi connectivity index (χ0) is 11.2. The quantitative estimate of drug-likeness (QED) is 0.601. The van der Waals surface area contributed by atoms with Gasteiger partial charge in [-0.3, -0.25) is 0 Å². The predicted octanol–water partition coefficient (Wildman–Crippen LogP) is 1.76. The number of unbranched alkanes of at least 4 members (excludes halogenated alkanes) is 2. The van der Waals surface area contributed by atoms with E-state index >= 15 is 0 Å². The molecule has 86 valence electrons. The summed E-state index contributed by atoms with van der Waals surface area (Å²) >= 11 is 0. The highest BCUT2D eigenvalue weighted by Gasteiger charge is 2.19. The molecule has 2 heterocycles. The second-order valence-electron chi connectivity index (χ2n) is 4.36. The van der Waals surface area contributed by atoms with Crippen LogP contribution in [0.5, 0.6) is 0 Å². The lowest BCUT2D eigenvalue weighted by Gasteiger charge is -2.12. The SMILES string of the molecule is C#CCCCCn1cncc1C1CCNC1. The number of nitrogens with one attached hydrogen (secondary N) is 1. The molecule has 0 aromatic carbocycles. The van der Waals surface area contributed by atoms with E-state index in [0.717, 1.165) is 38.9 Å². The lowest BCUT2D eigenvalue weighted by Crippen LogP contribution is -2.11. The summed E-state index contributed by atoms with van der Waals surface area (Å²) in [5.41, 5.74) is 1.38. The highest BCUT2D eigenvalue weighted by molar-refractivity contribution is 5.09. The van der Waals surface area contributed by atoms with Crippen molar-refractivity contribution in [2.45, 2.75) is 38.1 Å². The Morgan fingerprint density at radius 2 is 2.50 bits per heavy atom. The van der Waals surface area contributed by atoms with Crippen molar-refractivity contribution in [2.75, 3.05) is 13.1 Å². The van der Waals surface area contributed by atoms with E-state index in [2.05, 4.69) is 20.8 Å². The molecule has 1 aromatic heterocycles. The summed E-state index contributed by atoms with van der Waals surface area (Å²) < 4.78 is 2.29. The van der Waals surface area contributed by atoms with Crippen molar-refractivity contribution in [3.05, 3.63) is 18.2 Å². The predicted molar refractivity (Wildman–Crippen MR) is 65.1 cm³/mol. The molecule has 0 spiro atoms. The topological polar surface area (TPSA) is 29.9 Å². The van der Waals surface area contributed by atoms with Crippen LogP contribution in [0.3, 0.4) is 0 Å². The van der Waals surface area contributed by atoms with Crippen molar-refractivity contribution in [1.82, 2.24) is 14.9 Å².